The lowest BCUT2D eigenvalue weighted by Gasteiger charge is -2.43. The predicted molar refractivity (Wildman–Crippen MR) is 114 cm³/mol. The number of aromatic nitrogens is 1. The van der Waals surface area contributed by atoms with Crippen LogP contribution in [0.25, 0.3) is 11.3 Å². The Kier molecular flexibility index (Phi) is 5.44. The van der Waals surface area contributed by atoms with E-state index in [1.807, 2.05) is 5.38 Å². The highest BCUT2D eigenvalue weighted by atomic mass is 32.1. The van der Waals surface area contributed by atoms with Gasteiger partial charge >= 0.3 is 0 Å². The average Bonchev–Trinajstić information content (AvgIpc) is 3.18. The molecule has 0 aliphatic carbocycles. The summed E-state index contributed by atoms with van der Waals surface area (Å²) in [5, 5.41) is 2.81. The fourth-order valence-electron chi connectivity index (χ4n) is 3.94. The van der Waals surface area contributed by atoms with Crippen molar-refractivity contribution >= 4 is 27.8 Å². The summed E-state index contributed by atoms with van der Waals surface area (Å²) in [5.41, 5.74) is 8.84. The Morgan fingerprint density at radius 1 is 1.14 bits per heavy atom. The number of thiazole rings is 1. The van der Waals surface area contributed by atoms with Gasteiger partial charge in [0.2, 0.25) is 0 Å². The van der Waals surface area contributed by atoms with Gasteiger partial charge in [-0.3, -0.25) is 4.90 Å². The highest BCUT2D eigenvalue weighted by Gasteiger charge is 2.28. The monoisotopic (exact) mass is 405 g/mol. The van der Waals surface area contributed by atoms with Crippen molar-refractivity contribution in [1.29, 1.82) is 0 Å². The average molecular weight is 406 g/mol. The number of halogens is 1. The van der Waals surface area contributed by atoms with Gasteiger partial charge in [0.25, 0.3) is 0 Å². The van der Waals surface area contributed by atoms with Crippen LogP contribution in [0.4, 0.5) is 20.9 Å². The van der Waals surface area contributed by atoms with Crippen LogP contribution in [-0.4, -0.2) is 68.4 Å². The molecule has 0 radical (unpaired) electrons. The Bertz CT molecular complexity index is 826. The van der Waals surface area contributed by atoms with Crippen LogP contribution >= 0.6 is 11.3 Å². The number of anilines is 3. The number of hydrogen-bond acceptors (Lipinski definition) is 7. The second kappa shape index (κ2) is 7.85. The highest BCUT2D eigenvalue weighted by molar-refractivity contribution is 7.14. The molecular weight excluding hydrogens is 377 g/mol. The van der Waals surface area contributed by atoms with Crippen molar-refractivity contribution < 1.29 is 9.13 Å². The minimum atomic E-state index is -0.276. The summed E-state index contributed by atoms with van der Waals surface area (Å²) in [7, 11) is 2.13. The summed E-state index contributed by atoms with van der Waals surface area (Å²) in [6.45, 7) is 9.08. The molecule has 4 rings (SSSR count). The van der Waals surface area contributed by atoms with E-state index in [9.17, 15) is 0 Å². The maximum Gasteiger partial charge on any atom is 0.186 e. The number of likely N-dealkylation sites (N-methyl/N-ethyl adjacent to an activating group) is 1. The van der Waals surface area contributed by atoms with Gasteiger partial charge < -0.3 is 20.3 Å². The topological polar surface area (TPSA) is 57.9 Å². The van der Waals surface area contributed by atoms with Crippen LogP contribution in [0, 0.1) is 5.82 Å². The predicted octanol–water partition coefficient (Wildman–Crippen LogP) is 2.90. The van der Waals surface area contributed by atoms with E-state index in [-0.39, 0.29) is 5.82 Å². The fraction of sp³-hybridized carbons (Fsp3) is 0.550. The van der Waals surface area contributed by atoms with E-state index < -0.39 is 0 Å². The molecule has 2 aromatic rings. The third-order valence-electron chi connectivity index (χ3n) is 5.87. The second-order valence-electron chi connectivity index (χ2n) is 7.77. The molecule has 0 bridgehead atoms. The molecule has 6 nitrogen and oxygen atoms in total. The van der Waals surface area contributed by atoms with E-state index in [4.69, 9.17) is 10.5 Å². The van der Waals surface area contributed by atoms with Gasteiger partial charge in [0.05, 0.1) is 30.3 Å². The normalized spacial score (nSPS) is 24.0. The minimum Gasteiger partial charge on any atom is -0.397 e. The molecule has 3 heterocycles. The van der Waals surface area contributed by atoms with E-state index in [0.717, 1.165) is 37.0 Å². The minimum absolute atomic E-state index is 0.276. The fourth-order valence-corrected chi connectivity index (χ4v) is 4.82. The molecule has 1 aromatic carbocycles. The maximum atomic E-state index is 15.0. The summed E-state index contributed by atoms with van der Waals surface area (Å²) in [5.74, 6) is -0.276. The van der Waals surface area contributed by atoms with Gasteiger partial charge in [-0.1, -0.05) is 0 Å². The molecule has 0 saturated carbocycles. The summed E-state index contributed by atoms with van der Waals surface area (Å²) < 4.78 is 20.4. The Balaban J connectivity index is 1.59. The van der Waals surface area contributed by atoms with Crippen LogP contribution in [0.1, 0.15) is 13.8 Å². The van der Waals surface area contributed by atoms with E-state index in [2.05, 4.69) is 40.6 Å². The number of nitrogens with zero attached hydrogens (tertiary/aromatic N) is 4. The van der Waals surface area contributed by atoms with Crippen LogP contribution in [-0.2, 0) is 4.74 Å². The van der Waals surface area contributed by atoms with Crippen molar-refractivity contribution in [2.24, 2.45) is 0 Å². The zero-order valence-electron chi connectivity index (χ0n) is 16.7. The molecule has 0 unspecified atom stereocenters. The van der Waals surface area contributed by atoms with Gasteiger partial charge in [-0.15, -0.1) is 11.3 Å². The number of hydrogen-bond donors (Lipinski definition) is 1. The molecule has 2 aliphatic rings. The number of nitrogen functional groups attached to an aromatic ring is 1. The standard InChI is InChI=1S/C20H28FN5OS/c1-13-10-26(11-14(2)24(13)3)19-9-16(21)15(8-17(19)22)18-12-28-20(23-18)25-4-6-27-7-5-25/h8-9,12-14H,4-7,10-11,22H2,1-3H3/t13-,14+. The molecule has 152 valence electrons. The second-order valence-corrected chi connectivity index (χ2v) is 8.61. The SMILES string of the molecule is C[C@@H]1CN(c2cc(F)c(-c3csc(N4CCOCC4)n3)cc2N)C[C@H](C)N1C. The number of rotatable bonds is 3. The lowest BCUT2D eigenvalue weighted by Crippen LogP contribution is -2.55. The number of morpholine rings is 1. The molecule has 0 spiro atoms. The van der Waals surface area contributed by atoms with Crippen molar-refractivity contribution in [1.82, 2.24) is 9.88 Å². The largest absolute Gasteiger partial charge is 0.397 e. The van der Waals surface area contributed by atoms with E-state index in [1.165, 1.54) is 11.3 Å². The van der Waals surface area contributed by atoms with E-state index >= 15 is 4.39 Å². The Hall–Kier alpha value is -1.90. The van der Waals surface area contributed by atoms with Crippen molar-refractivity contribution in [2.75, 3.05) is 62.0 Å². The summed E-state index contributed by atoms with van der Waals surface area (Å²) in [6, 6.07) is 4.08. The summed E-state index contributed by atoms with van der Waals surface area (Å²) in [4.78, 5) is 11.4. The zero-order chi connectivity index (χ0) is 19.8. The Morgan fingerprint density at radius 3 is 2.50 bits per heavy atom. The third kappa shape index (κ3) is 3.68. The van der Waals surface area contributed by atoms with Crippen LogP contribution < -0.4 is 15.5 Å². The van der Waals surface area contributed by atoms with Gasteiger partial charge in [0.1, 0.15) is 5.82 Å². The number of ether oxygens (including phenoxy) is 1. The molecule has 8 heteroatoms. The summed E-state index contributed by atoms with van der Waals surface area (Å²) in [6.07, 6.45) is 0. The van der Waals surface area contributed by atoms with Gasteiger partial charge in [-0.2, -0.15) is 0 Å². The molecule has 28 heavy (non-hydrogen) atoms. The van der Waals surface area contributed by atoms with Crippen LogP contribution in [0.2, 0.25) is 0 Å². The van der Waals surface area contributed by atoms with Gasteiger partial charge in [-0.25, -0.2) is 9.37 Å². The molecule has 2 saturated heterocycles. The number of nitrogens with two attached hydrogens (primary N) is 1. The lowest BCUT2D eigenvalue weighted by molar-refractivity contribution is 0.122. The Labute approximate surface area is 169 Å². The van der Waals surface area contributed by atoms with Crippen LogP contribution in [0.5, 0.6) is 0 Å². The van der Waals surface area contributed by atoms with E-state index in [0.29, 0.717) is 42.2 Å². The first-order chi connectivity index (χ1) is 13.4. The van der Waals surface area contributed by atoms with Crippen molar-refractivity contribution in [3.8, 4) is 11.3 Å². The lowest BCUT2D eigenvalue weighted by atomic mass is 10.1. The first-order valence-electron chi connectivity index (χ1n) is 9.78. The summed E-state index contributed by atoms with van der Waals surface area (Å²) >= 11 is 1.53. The van der Waals surface area contributed by atoms with Crippen molar-refractivity contribution in [2.45, 2.75) is 25.9 Å². The number of piperazine rings is 1. The number of benzene rings is 1. The van der Waals surface area contributed by atoms with Gasteiger partial charge in [0.15, 0.2) is 5.13 Å². The molecule has 1 aromatic heterocycles. The Morgan fingerprint density at radius 2 is 1.82 bits per heavy atom. The quantitative estimate of drug-likeness (QED) is 0.793. The molecule has 2 fully saturated rings. The first-order valence-corrected chi connectivity index (χ1v) is 10.7. The molecule has 2 N–H and O–H groups in total. The highest BCUT2D eigenvalue weighted by Crippen LogP contribution is 2.35. The zero-order valence-corrected chi connectivity index (χ0v) is 17.5. The molecule has 0 amide bonds. The van der Waals surface area contributed by atoms with Gasteiger partial charge in [-0.05, 0) is 33.0 Å². The third-order valence-corrected chi connectivity index (χ3v) is 6.77. The maximum absolute atomic E-state index is 15.0. The first kappa shape index (κ1) is 19.4. The molecule has 2 atom stereocenters. The smallest absolute Gasteiger partial charge is 0.186 e. The molecule has 2 aliphatic heterocycles. The van der Waals surface area contributed by atoms with E-state index in [1.54, 1.807) is 12.1 Å². The van der Waals surface area contributed by atoms with Crippen molar-refractivity contribution in [3.05, 3.63) is 23.3 Å². The van der Waals surface area contributed by atoms with Gasteiger partial charge in [0, 0.05) is 49.2 Å². The van der Waals surface area contributed by atoms with Crippen LogP contribution in [0.3, 0.4) is 0 Å². The van der Waals surface area contributed by atoms with Crippen molar-refractivity contribution in [3.63, 3.8) is 0 Å². The van der Waals surface area contributed by atoms with Crippen LogP contribution in [0.15, 0.2) is 17.5 Å². The molecular formula is C20H28FN5OS.